The van der Waals surface area contributed by atoms with Gasteiger partial charge in [0.25, 0.3) is 5.91 Å². The Labute approximate surface area is 115 Å². The van der Waals surface area contributed by atoms with E-state index in [0.29, 0.717) is 0 Å². The Kier molecular flexibility index (Phi) is 4.14. The van der Waals surface area contributed by atoms with E-state index in [1.807, 2.05) is 13.8 Å². The molecule has 0 unspecified atom stereocenters. The van der Waals surface area contributed by atoms with Gasteiger partial charge in [0, 0.05) is 0 Å². The summed E-state index contributed by atoms with van der Waals surface area (Å²) in [5, 5.41) is 10.4. The zero-order valence-electron chi connectivity index (χ0n) is 11.3. The van der Waals surface area contributed by atoms with E-state index in [2.05, 4.69) is 30.5 Å². The summed E-state index contributed by atoms with van der Waals surface area (Å²) in [5.41, 5.74) is 7.22. The third-order valence-corrected chi connectivity index (χ3v) is 2.62. The van der Waals surface area contributed by atoms with Crippen LogP contribution in [-0.2, 0) is 12.8 Å². The third-order valence-electron chi connectivity index (χ3n) is 2.62. The van der Waals surface area contributed by atoms with Crippen LogP contribution in [0.3, 0.4) is 0 Å². The molecule has 0 saturated carbocycles. The van der Waals surface area contributed by atoms with E-state index in [1.54, 1.807) is 0 Å². The summed E-state index contributed by atoms with van der Waals surface area (Å²) < 4.78 is 0. The van der Waals surface area contributed by atoms with Crippen molar-refractivity contribution < 1.29 is 4.79 Å². The molecule has 2 rings (SSSR count). The molecule has 104 valence electrons. The van der Waals surface area contributed by atoms with Crippen LogP contribution >= 0.6 is 0 Å². The summed E-state index contributed by atoms with van der Waals surface area (Å²) in [7, 11) is 0. The van der Waals surface area contributed by atoms with Gasteiger partial charge in [-0.2, -0.15) is 0 Å². The van der Waals surface area contributed by atoms with E-state index in [-0.39, 0.29) is 17.5 Å². The monoisotopic (exact) mass is 273 g/mol. The average molecular weight is 273 g/mol. The third kappa shape index (κ3) is 3.02. The first-order valence-electron chi connectivity index (χ1n) is 6.25. The highest BCUT2D eigenvalue weighted by Crippen LogP contribution is 2.08. The Balaban J connectivity index is 2.19. The van der Waals surface area contributed by atoms with Gasteiger partial charge in [0.2, 0.25) is 5.95 Å². The SMILES string of the molecule is CCc1nnc(NC(=O)c2cncc(N)n2)nc1CC. The topological polar surface area (TPSA) is 120 Å². The van der Waals surface area contributed by atoms with Crippen molar-refractivity contribution >= 4 is 17.7 Å². The van der Waals surface area contributed by atoms with Crippen LogP contribution in [0, 0.1) is 0 Å². The number of rotatable bonds is 4. The molecule has 0 bridgehead atoms. The van der Waals surface area contributed by atoms with Gasteiger partial charge in [-0.15, -0.1) is 10.2 Å². The minimum atomic E-state index is -0.474. The number of aryl methyl sites for hydroxylation is 2. The van der Waals surface area contributed by atoms with Gasteiger partial charge in [0.1, 0.15) is 11.5 Å². The lowest BCUT2D eigenvalue weighted by atomic mass is 10.2. The van der Waals surface area contributed by atoms with Crippen molar-refractivity contribution in [3.63, 3.8) is 0 Å². The minimum absolute atomic E-state index is 0.103. The Hall–Kier alpha value is -2.64. The van der Waals surface area contributed by atoms with Gasteiger partial charge >= 0.3 is 0 Å². The van der Waals surface area contributed by atoms with Crippen molar-refractivity contribution in [2.24, 2.45) is 0 Å². The number of nitrogen functional groups attached to an aromatic ring is 1. The molecule has 2 aromatic heterocycles. The van der Waals surface area contributed by atoms with Gasteiger partial charge in [0.05, 0.1) is 23.8 Å². The van der Waals surface area contributed by atoms with E-state index >= 15 is 0 Å². The Morgan fingerprint density at radius 3 is 2.55 bits per heavy atom. The van der Waals surface area contributed by atoms with Crippen molar-refractivity contribution in [1.82, 2.24) is 25.1 Å². The van der Waals surface area contributed by atoms with Gasteiger partial charge in [-0.25, -0.2) is 9.97 Å². The number of amides is 1. The average Bonchev–Trinajstić information content (AvgIpc) is 2.47. The number of anilines is 2. The molecule has 3 N–H and O–H groups in total. The van der Waals surface area contributed by atoms with E-state index in [0.717, 1.165) is 24.2 Å². The van der Waals surface area contributed by atoms with E-state index in [1.165, 1.54) is 12.4 Å². The van der Waals surface area contributed by atoms with Crippen molar-refractivity contribution in [3.05, 3.63) is 29.5 Å². The number of nitrogens with zero attached hydrogens (tertiary/aromatic N) is 5. The highest BCUT2D eigenvalue weighted by Gasteiger charge is 2.12. The molecule has 0 fully saturated rings. The lowest BCUT2D eigenvalue weighted by Gasteiger charge is -2.06. The van der Waals surface area contributed by atoms with Crippen LogP contribution in [-0.4, -0.2) is 31.1 Å². The van der Waals surface area contributed by atoms with Crippen molar-refractivity contribution in [1.29, 1.82) is 0 Å². The molecule has 0 saturated heterocycles. The normalized spacial score (nSPS) is 10.3. The lowest BCUT2D eigenvalue weighted by molar-refractivity contribution is 0.102. The van der Waals surface area contributed by atoms with Crippen LogP contribution < -0.4 is 11.1 Å². The van der Waals surface area contributed by atoms with E-state index < -0.39 is 5.91 Å². The molecule has 8 nitrogen and oxygen atoms in total. The highest BCUT2D eigenvalue weighted by molar-refractivity contribution is 6.01. The summed E-state index contributed by atoms with van der Waals surface area (Å²) >= 11 is 0. The minimum Gasteiger partial charge on any atom is -0.382 e. The molecule has 20 heavy (non-hydrogen) atoms. The molecular formula is C12H15N7O. The molecule has 2 aromatic rings. The molecule has 0 radical (unpaired) electrons. The lowest BCUT2D eigenvalue weighted by Crippen LogP contribution is -2.18. The molecule has 0 aliphatic rings. The zero-order chi connectivity index (χ0) is 14.5. The fourth-order valence-corrected chi connectivity index (χ4v) is 1.65. The highest BCUT2D eigenvalue weighted by atomic mass is 16.2. The predicted octanol–water partition coefficient (Wildman–Crippen LogP) is 0.621. The second-order valence-corrected chi connectivity index (χ2v) is 4.02. The van der Waals surface area contributed by atoms with Crippen molar-refractivity contribution in [2.45, 2.75) is 26.7 Å². The van der Waals surface area contributed by atoms with Gasteiger partial charge in [-0.1, -0.05) is 13.8 Å². The van der Waals surface area contributed by atoms with Crippen LogP contribution in [0.1, 0.15) is 35.7 Å². The van der Waals surface area contributed by atoms with Gasteiger partial charge in [0.15, 0.2) is 0 Å². The van der Waals surface area contributed by atoms with Crippen LogP contribution in [0.5, 0.6) is 0 Å². The molecule has 0 aliphatic carbocycles. The van der Waals surface area contributed by atoms with Crippen LogP contribution in [0.4, 0.5) is 11.8 Å². The molecule has 0 spiro atoms. The summed E-state index contributed by atoms with van der Waals surface area (Å²) in [4.78, 5) is 23.9. The maximum Gasteiger partial charge on any atom is 0.278 e. The quantitative estimate of drug-likeness (QED) is 0.837. The number of hydrogen-bond acceptors (Lipinski definition) is 7. The van der Waals surface area contributed by atoms with E-state index in [4.69, 9.17) is 5.73 Å². The second kappa shape index (κ2) is 6.00. The number of carbonyl (C=O) groups excluding carboxylic acids is 1. The molecule has 2 heterocycles. The fourth-order valence-electron chi connectivity index (χ4n) is 1.65. The number of nitrogens with one attached hydrogen (secondary N) is 1. The number of carbonyl (C=O) groups is 1. The molecule has 1 amide bonds. The maximum atomic E-state index is 11.9. The number of hydrogen-bond donors (Lipinski definition) is 2. The first kappa shape index (κ1) is 13.8. The summed E-state index contributed by atoms with van der Waals surface area (Å²) in [5.74, 6) is -0.154. The second-order valence-electron chi connectivity index (χ2n) is 4.02. The van der Waals surface area contributed by atoms with Crippen molar-refractivity contribution in [3.8, 4) is 0 Å². The fraction of sp³-hybridized carbons (Fsp3) is 0.333. The van der Waals surface area contributed by atoms with Crippen LogP contribution in [0.25, 0.3) is 0 Å². The first-order valence-corrected chi connectivity index (χ1v) is 6.25. The summed E-state index contributed by atoms with van der Waals surface area (Å²) in [6.07, 6.45) is 4.15. The first-order chi connectivity index (χ1) is 9.63. The smallest absolute Gasteiger partial charge is 0.278 e. The van der Waals surface area contributed by atoms with Gasteiger partial charge in [-0.05, 0) is 12.8 Å². The van der Waals surface area contributed by atoms with Crippen molar-refractivity contribution in [2.75, 3.05) is 11.1 Å². The Morgan fingerprint density at radius 2 is 1.90 bits per heavy atom. The van der Waals surface area contributed by atoms with Gasteiger partial charge in [-0.3, -0.25) is 15.1 Å². The largest absolute Gasteiger partial charge is 0.382 e. The molecule has 8 heteroatoms. The molecule has 0 atom stereocenters. The predicted molar refractivity (Wildman–Crippen MR) is 73.0 cm³/mol. The summed E-state index contributed by atoms with van der Waals surface area (Å²) in [6.45, 7) is 3.95. The zero-order valence-corrected chi connectivity index (χ0v) is 11.3. The molecule has 0 aromatic carbocycles. The van der Waals surface area contributed by atoms with Crippen LogP contribution in [0.2, 0.25) is 0 Å². The Morgan fingerprint density at radius 1 is 1.15 bits per heavy atom. The van der Waals surface area contributed by atoms with Gasteiger partial charge < -0.3 is 5.73 Å². The standard InChI is InChI=1S/C12H15N7O/c1-3-7-8(4-2)18-19-12(16-7)17-11(20)9-5-14-6-10(13)15-9/h5-6H,3-4H2,1-2H3,(H2,13,15)(H,16,17,19,20). The van der Waals surface area contributed by atoms with E-state index in [9.17, 15) is 4.79 Å². The molecular weight excluding hydrogens is 258 g/mol. The Bertz CT molecular complexity index is 629. The number of nitrogens with two attached hydrogens (primary N) is 1. The number of aromatic nitrogens is 5. The molecule has 0 aliphatic heterocycles. The summed E-state index contributed by atoms with van der Waals surface area (Å²) in [6, 6.07) is 0. The van der Waals surface area contributed by atoms with Crippen LogP contribution in [0.15, 0.2) is 12.4 Å². The maximum absolute atomic E-state index is 11.9.